The number of nitrogens with zero attached hydrogens (tertiary/aromatic N) is 1. The van der Waals surface area contributed by atoms with Gasteiger partial charge in [-0.2, -0.15) is 0 Å². The molecule has 7 nitrogen and oxygen atoms in total. The fourth-order valence-electron chi connectivity index (χ4n) is 4.71. The number of benzene rings is 2. The number of rotatable bonds is 5. The van der Waals surface area contributed by atoms with Crippen molar-refractivity contribution in [1.82, 2.24) is 10.2 Å². The molecule has 1 fully saturated rings. The SMILES string of the molecule is O=C1CCC(N2Cc3ccc(C4=C[C@@]4(C(=O)OCC(Cl)(Cl)Cl)c4ccc(Br)cc4)cc3C2=O)C(=O)N1. The molecule has 2 atom stereocenters. The van der Waals surface area contributed by atoms with Crippen LogP contribution in [0.2, 0.25) is 0 Å². The molecule has 0 saturated carbocycles. The lowest BCUT2D eigenvalue weighted by molar-refractivity contribution is -0.145. The molecule has 1 unspecified atom stereocenters. The molecular weight excluding hydrogens is 595 g/mol. The number of piperidine rings is 1. The summed E-state index contributed by atoms with van der Waals surface area (Å²) in [5.41, 5.74) is 2.03. The number of hydrogen-bond donors (Lipinski definition) is 1. The van der Waals surface area contributed by atoms with Gasteiger partial charge in [-0.3, -0.25) is 24.5 Å². The maximum Gasteiger partial charge on any atom is 0.325 e. The maximum atomic E-state index is 13.3. The molecule has 36 heavy (non-hydrogen) atoms. The Bertz CT molecular complexity index is 1340. The minimum Gasteiger partial charge on any atom is -0.460 e. The second-order valence-electron chi connectivity index (χ2n) is 8.84. The first-order valence-electron chi connectivity index (χ1n) is 11.0. The summed E-state index contributed by atoms with van der Waals surface area (Å²) in [4.78, 5) is 51.8. The molecule has 2 aromatic carbocycles. The number of hydrogen-bond acceptors (Lipinski definition) is 5. The molecule has 5 rings (SSSR count). The summed E-state index contributed by atoms with van der Waals surface area (Å²) in [5, 5.41) is 2.30. The largest absolute Gasteiger partial charge is 0.460 e. The lowest BCUT2D eigenvalue weighted by Gasteiger charge is -2.29. The Labute approximate surface area is 229 Å². The van der Waals surface area contributed by atoms with Gasteiger partial charge in [0.25, 0.3) is 5.91 Å². The Morgan fingerprint density at radius 1 is 1.14 bits per heavy atom. The number of imide groups is 1. The van der Waals surface area contributed by atoms with E-state index in [1.807, 2.05) is 24.3 Å². The maximum absolute atomic E-state index is 13.3. The molecule has 186 valence electrons. The van der Waals surface area contributed by atoms with Crippen LogP contribution in [-0.2, 0) is 31.1 Å². The predicted octanol–water partition coefficient (Wildman–Crippen LogP) is 4.46. The normalized spacial score (nSPS) is 23.2. The molecule has 2 aromatic rings. The predicted molar refractivity (Wildman–Crippen MR) is 138 cm³/mol. The van der Waals surface area contributed by atoms with Crippen molar-refractivity contribution in [3.8, 4) is 0 Å². The minimum absolute atomic E-state index is 0.181. The Hall–Kier alpha value is -2.39. The number of esters is 1. The number of amides is 3. The van der Waals surface area contributed by atoms with E-state index >= 15 is 0 Å². The highest BCUT2D eigenvalue weighted by molar-refractivity contribution is 9.10. The molecular formula is C25H18BrCl3N2O5. The summed E-state index contributed by atoms with van der Waals surface area (Å²) >= 11 is 20.8. The topological polar surface area (TPSA) is 92.8 Å². The number of ether oxygens (including phenoxy) is 1. The first-order valence-corrected chi connectivity index (χ1v) is 12.9. The van der Waals surface area contributed by atoms with E-state index in [9.17, 15) is 19.2 Å². The van der Waals surface area contributed by atoms with Crippen LogP contribution in [0.5, 0.6) is 0 Å². The van der Waals surface area contributed by atoms with Gasteiger partial charge < -0.3 is 9.64 Å². The van der Waals surface area contributed by atoms with Crippen LogP contribution in [-0.4, -0.2) is 45.0 Å². The van der Waals surface area contributed by atoms with Crippen LogP contribution in [0.4, 0.5) is 0 Å². The van der Waals surface area contributed by atoms with Crippen molar-refractivity contribution < 1.29 is 23.9 Å². The van der Waals surface area contributed by atoms with E-state index < -0.39 is 33.7 Å². The molecule has 3 aliphatic rings. The van der Waals surface area contributed by atoms with E-state index in [1.165, 1.54) is 4.90 Å². The molecule has 1 saturated heterocycles. The van der Waals surface area contributed by atoms with Crippen LogP contribution < -0.4 is 5.32 Å². The zero-order valence-electron chi connectivity index (χ0n) is 18.5. The van der Waals surface area contributed by atoms with Crippen molar-refractivity contribution in [2.45, 2.75) is 34.6 Å². The molecule has 1 aliphatic carbocycles. The van der Waals surface area contributed by atoms with Gasteiger partial charge in [0.2, 0.25) is 15.6 Å². The second kappa shape index (κ2) is 9.17. The molecule has 1 N–H and O–H groups in total. The van der Waals surface area contributed by atoms with E-state index in [4.69, 9.17) is 39.5 Å². The van der Waals surface area contributed by atoms with Gasteiger partial charge in [-0.25, -0.2) is 0 Å². The van der Waals surface area contributed by atoms with Gasteiger partial charge in [0.15, 0.2) is 0 Å². The van der Waals surface area contributed by atoms with Crippen molar-refractivity contribution in [2.75, 3.05) is 6.61 Å². The van der Waals surface area contributed by atoms with Gasteiger partial charge in [-0.05, 0) is 46.9 Å². The quantitative estimate of drug-likeness (QED) is 0.306. The fourth-order valence-corrected chi connectivity index (χ4v) is 5.14. The second-order valence-corrected chi connectivity index (χ2v) is 12.3. The summed E-state index contributed by atoms with van der Waals surface area (Å²) in [6.07, 6.45) is 2.22. The lowest BCUT2D eigenvalue weighted by Crippen LogP contribution is -2.52. The van der Waals surface area contributed by atoms with Crippen molar-refractivity contribution in [1.29, 1.82) is 0 Å². The summed E-state index contributed by atoms with van der Waals surface area (Å²) in [6.45, 7) is -0.150. The van der Waals surface area contributed by atoms with Gasteiger partial charge in [0.1, 0.15) is 18.1 Å². The third-order valence-electron chi connectivity index (χ3n) is 6.53. The molecule has 3 amide bonds. The van der Waals surface area contributed by atoms with Gasteiger partial charge in [0.05, 0.1) is 0 Å². The Morgan fingerprint density at radius 3 is 2.53 bits per heavy atom. The molecule has 0 aromatic heterocycles. The minimum atomic E-state index is -1.76. The lowest BCUT2D eigenvalue weighted by atomic mass is 9.87. The molecule has 2 aliphatic heterocycles. The highest BCUT2D eigenvalue weighted by atomic mass is 79.9. The van der Waals surface area contributed by atoms with Crippen LogP contribution in [0.1, 0.15) is 39.9 Å². The number of carbonyl (C=O) groups is 4. The highest BCUT2D eigenvalue weighted by Crippen LogP contribution is 2.54. The average molecular weight is 613 g/mol. The van der Waals surface area contributed by atoms with E-state index in [2.05, 4.69) is 21.2 Å². The third kappa shape index (κ3) is 4.56. The molecule has 11 heteroatoms. The highest BCUT2D eigenvalue weighted by Gasteiger charge is 2.55. The number of nitrogens with one attached hydrogen (secondary N) is 1. The smallest absolute Gasteiger partial charge is 0.325 e. The number of alkyl halides is 3. The van der Waals surface area contributed by atoms with Crippen LogP contribution in [0.25, 0.3) is 5.57 Å². The Kier molecular flexibility index (Phi) is 6.44. The summed E-state index contributed by atoms with van der Waals surface area (Å²) in [6, 6.07) is 11.9. The van der Waals surface area contributed by atoms with Gasteiger partial charge in [-0.15, -0.1) is 0 Å². The monoisotopic (exact) mass is 610 g/mol. The molecule has 0 radical (unpaired) electrons. The van der Waals surface area contributed by atoms with E-state index in [0.717, 1.165) is 10.0 Å². The van der Waals surface area contributed by atoms with E-state index in [-0.39, 0.29) is 31.2 Å². The average Bonchev–Trinajstić information content (AvgIpc) is 3.50. The van der Waals surface area contributed by atoms with Crippen LogP contribution >= 0.6 is 50.7 Å². The van der Waals surface area contributed by atoms with Crippen LogP contribution in [0.3, 0.4) is 0 Å². The number of halogens is 4. The van der Waals surface area contributed by atoms with Crippen LogP contribution in [0, 0.1) is 0 Å². The summed E-state index contributed by atoms with van der Waals surface area (Å²) < 4.78 is 4.44. The molecule has 0 bridgehead atoms. The van der Waals surface area contributed by atoms with Gasteiger partial charge >= 0.3 is 5.97 Å². The number of carbonyl (C=O) groups excluding carboxylic acids is 4. The van der Waals surface area contributed by atoms with Crippen molar-refractivity contribution >= 4 is 80.0 Å². The fraction of sp³-hybridized carbons (Fsp3) is 0.280. The van der Waals surface area contributed by atoms with E-state index in [0.29, 0.717) is 22.3 Å². The standard InChI is InChI=1S/C25H18BrCl3N2O5/c26-16-5-3-15(4-6-16)24(23(35)36-12-25(27,28)29)10-18(24)13-1-2-14-11-31(22(34)17(14)9-13)19-7-8-20(32)30-21(19)33/h1-6,9-10,19H,7-8,11-12H2,(H,30,32,33)/t19?,24-/m1/s1. The molecule has 0 spiro atoms. The van der Waals surface area contributed by atoms with Gasteiger partial charge in [0, 0.05) is 23.0 Å². The van der Waals surface area contributed by atoms with E-state index in [1.54, 1.807) is 24.3 Å². The summed E-state index contributed by atoms with van der Waals surface area (Å²) in [7, 11) is 0. The molecule has 2 heterocycles. The summed E-state index contributed by atoms with van der Waals surface area (Å²) in [5.74, 6) is -1.70. The first kappa shape index (κ1) is 25.3. The Morgan fingerprint density at radius 2 is 1.86 bits per heavy atom. The Balaban J connectivity index is 1.43. The van der Waals surface area contributed by atoms with Crippen molar-refractivity contribution in [2.24, 2.45) is 0 Å². The zero-order chi connectivity index (χ0) is 25.8. The van der Waals surface area contributed by atoms with Crippen molar-refractivity contribution in [3.63, 3.8) is 0 Å². The van der Waals surface area contributed by atoms with Crippen molar-refractivity contribution in [3.05, 3.63) is 75.3 Å². The third-order valence-corrected chi connectivity index (χ3v) is 7.39. The van der Waals surface area contributed by atoms with Gasteiger partial charge in [-0.1, -0.05) is 81.1 Å². The van der Waals surface area contributed by atoms with Crippen LogP contribution in [0.15, 0.2) is 53.0 Å². The number of fused-ring (bicyclic) bond motifs is 1. The zero-order valence-corrected chi connectivity index (χ0v) is 22.4. The first-order chi connectivity index (χ1) is 17.0.